The second-order valence-corrected chi connectivity index (χ2v) is 6.06. The predicted octanol–water partition coefficient (Wildman–Crippen LogP) is 4.98. The molecule has 1 aromatic rings. The summed E-state index contributed by atoms with van der Waals surface area (Å²) in [4.78, 5) is 0.639. The average Bonchev–Trinajstić information content (AvgIpc) is 3.06. The van der Waals surface area contributed by atoms with Crippen LogP contribution in [0, 0.1) is 11.7 Å². The van der Waals surface area contributed by atoms with Gasteiger partial charge < -0.3 is 0 Å². The SMILES string of the molecule is Fc1ccc(Cl)c(CCCC(Br)C2CC2)c1. The van der Waals surface area contributed by atoms with Crippen molar-refractivity contribution in [1.82, 2.24) is 0 Å². The van der Waals surface area contributed by atoms with E-state index in [1.165, 1.54) is 18.9 Å². The Kier molecular flexibility index (Phi) is 4.26. The fourth-order valence-corrected chi connectivity index (χ4v) is 2.98. The third-order valence-electron chi connectivity index (χ3n) is 3.07. The largest absolute Gasteiger partial charge is 0.207 e. The molecule has 0 nitrogen and oxygen atoms in total. The molecule has 1 aromatic carbocycles. The van der Waals surface area contributed by atoms with Crippen LogP contribution in [0.1, 0.15) is 31.2 Å². The van der Waals surface area contributed by atoms with Crippen molar-refractivity contribution in [2.24, 2.45) is 5.92 Å². The fourth-order valence-electron chi connectivity index (χ4n) is 1.92. The zero-order valence-corrected chi connectivity index (χ0v) is 11.4. The van der Waals surface area contributed by atoms with Gasteiger partial charge in [-0.05, 0) is 61.8 Å². The van der Waals surface area contributed by atoms with Crippen LogP contribution in [-0.4, -0.2) is 4.83 Å². The number of hydrogen-bond acceptors (Lipinski definition) is 0. The Morgan fingerprint density at radius 3 is 2.88 bits per heavy atom. The van der Waals surface area contributed by atoms with Gasteiger partial charge in [0.1, 0.15) is 5.82 Å². The molecule has 0 heterocycles. The topological polar surface area (TPSA) is 0 Å². The second-order valence-electron chi connectivity index (χ2n) is 4.48. The van der Waals surface area contributed by atoms with Gasteiger partial charge in [-0.1, -0.05) is 27.5 Å². The minimum Gasteiger partial charge on any atom is -0.207 e. The number of rotatable bonds is 5. The van der Waals surface area contributed by atoms with Crippen molar-refractivity contribution in [3.63, 3.8) is 0 Å². The van der Waals surface area contributed by atoms with Crippen LogP contribution in [0.15, 0.2) is 18.2 Å². The van der Waals surface area contributed by atoms with Crippen molar-refractivity contribution >= 4 is 27.5 Å². The average molecular weight is 306 g/mol. The number of halogens is 3. The maximum absolute atomic E-state index is 13.0. The van der Waals surface area contributed by atoms with Crippen LogP contribution in [0.3, 0.4) is 0 Å². The van der Waals surface area contributed by atoms with E-state index in [1.807, 2.05) is 0 Å². The molecule has 3 heteroatoms. The summed E-state index contributed by atoms with van der Waals surface area (Å²) >= 11 is 9.71. The van der Waals surface area contributed by atoms with Crippen LogP contribution in [0.5, 0.6) is 0 Å². The van der Waals surface area contributed by atoms with Gasteiger partial charge in [0, 0.05) is 9.85 Å². The molecule has 0 aliphatic heterocycles. The van der Waals surface area contributed by atoms with Gasteiger partial charge in [-0.3, -0.25) is 0 Å². The van der Waals surface area contributed by atoms with E-state index in [2.05, 4.69) is 15.9 Å². The normalized spacial score (nSPS) is 17.4. The molecular formula is C13H15BrClF. The van der Waals surface area contributed by atoms with Gasteiger partial charge in [0.15, 0.2) is 0 Å². The summed E-state index contributed by atoms with van der Waals surface area (Å²) in [5, 5.41) is 0.680. The molecule has 16 heavy (non-hydrogen) atoms. The van der Waals surface area contributed by atoms with Crippen LogP contribution in [0.25, 0.3) is 0 Å². The van der Waals surface area contributed by atoms with Crippen molar-refractivity contribution in [3.05, 3.63) is 34.6 Å². The van der Waals surface area contributed by atoms with Crippen molar-refractivity contribution < 1.29 is 4.39 Å². The summed E-state index contributed by atoms with van der Waals surface area (Å²) in [6.45, 7) is 0. The van der Waals surface area contributed by atoms with Crippen LogP contribution in [0.2, 0.25) is 5.02 Å². The Labute approximate surface area is 109 Å². The van der Waals surface area contributed by atoms with Crippen molar-refractivity contribution in [2.45, 2.75) is 36.9 Å². The molecule has 1 saturated carbocycles. The van der Waals surface area contributed by atoms with E-state index in [1.54, 1.807) is 12.1 Å². The minimum atomic E-state index is -0.197. The highest BCUT2D eigenvalue weighted by atomic mass is 79.9. The lowest BCUT2D eigenvalue weighted by molar-refractivity contribution is 0.620. The Bertz CT molecular complexity index is 363. The van der Waals surface area contributed by atoms with Gasteiger partial charge in [0.05, 0.1) is 0 Å². The first-order valence-electron chi connectivity index (χ1n) is 5.75. The van der Waals surface area contributed by atoms with E-state index in [0.29, 0.717) is 9.85 Å². The van der Waals surface area contributed by atoms with Crippen molar-refractivity contribution in [3.8, 4) is 0 Å². The molecule has 0 spiro atoms. The molecule has 0 bridgehead atoms. The predicted molar refractivity (Wildman–Crippen MR) is 69.8 cm³/mol. The molecular weight excluding hydrogens is 290 g/mol. The lowest BCUT2D eigenvalue weighted by atomic mass is 10.1. The Morgan fingerprint density at radius 2 is 2.19 bits per heavy atom. The van der Waals surface area contributed by atoms with E-state index >= 15 is 0 Å². The highest BCUT2D eigenvalue weighted by molar-refractivity contribution is 9.09. The van der Waals surface area contributed by atoms with Crippen LogP contribution in [0.4, 0.5) is 4.39 Å². The number of aryl methyl sites for hydroxylation is 1. The monoisotopic (exact) mass is 304 g/mol. The molecule has 1 aliphatic rings. The molecule has 0 saturated heterocycles. The quantitative estimate of drug-likeness (QED) is 0.673. The number of hydrogen-bond donors (Lipinski definition) is 0. The maximum atomic E-state index is 13.0. The molecule has 1 aliphatic carbocycles. The van der Waals surface area contributed by atoms with E-state index in [0.717, 1.165) is 30.7 Å². The Morgan fingerprint density at radius 1 is 1.44 bits per heavy atom. The van der Waals surface area contributed by atoms with E-state index in [-0.39, 0.29) is 5.82 Å². The van der Waals surface area contributed by atoms with Gasteiger partial charge in [0.25, 0.3) is 0 Å². The Hall–Kier alpha value is -0.0800. The standard InChI is InChI=1S/C13H15BrClF/c14-12(9-4-5-9)3-1-2-10-8-11(16)6-7-13(10)15/h6-9,12H,1-5H2. The summed E-state index contributed by atoms with van der Waals surface area (Å²) in [5.74, 6) is 0.681. The van der Waals surface area contributed by atoms with Gasteiger partial charge in [-0.25, -0.2) is 4.39 Å². The van der Waals surface area contributed by atoms with Crippen LogP contribution in [-0.2, 0) is 6.42 Å². The highest BCUT2D eigenvalue weighted by Crippen LogP contribution is 2.38. The molecule has 1 atom stereocenters. The lowest BCUT2D eigenvalue weighted by Gasteiger charge is -2.08. The summed E-state index contributed by atoms with van der Waals surface area (Å²) in [6, 6.07) is 4.59. The maximum Gasteiger partial charge on any atom is 0.123 e. The smallest absolute Gasteiger partial charge is 0.123 e. The van der Waals surface area contributed by atoms with Crippen molar-refractivity contribution in [2.75, 3.05) is 0 Å². The summed E-state index contributed by atoms with van der Waals surface area (Å²) < 4.78 is 13.0. The number of alkyl halides is 1. The third kappa shape index (κ3) is 3.46. The van der Waals surface area contributed by atoms with Crippen LogP contribution < -0.4 is 0 Å². The van der Waals surface area contributed by atoms with Gasteiger partial charge in [-0.15, -0.1) is 0 Å². The molecule has 88 valence electrons. The molecule has 0 aromatic heterocycles. The zero-order valence-electron chi connectivity index (χ0n) is 9.06. The first-order valence-corrected chi connectivity index (χ1v) is 7.04. The lowest BCUT2D eigenvalue weighted by Crippen LogP contribution is -2.01. The molecule has 1 fully saturated rings. The first kappa shape index (κ1) is 12.4. The minimum absolute atomic E-state index is 0.197. The van der Waals surface area contributed by atoms with Crippen molar-refractivity contribution in [1.29, 1.82) is 0 Å². The molecule has 1 unspecified atom stereocenters. The van der Waals surface area contributed by atoms with E-state index in [9.17, 15) is 4.39 Å². The number of benzene rings is 1. The molecule has 0 amide bonds. The second kappa shape index (κ2) is 5.50. The molecule has 0 N–H and O–H groups in total. The van der Waals surface area contributed by atoms with E-state index < -0.39 is 0 Å². The van der Waals surface area contributed by atoms with E-state index in [4.69, 9.17) is 11.6 Å². The van der Waals surface area contributed by atoms with Gasteiger partial charge in [0.2, 0.25) is 0 Å². The first-order chi connectivity index (χ1) is 7.66. The third-order valence-corrected chi connectivity index (χ3v) is 4.64. The summed E-state index contributed by atoms with van der Waals surface area (Å²) in [6.07, 6.45) is 5.80. The molecule has 0 radical (unpaired) electrons. The summed E-state index contributed by atoms with van der Waals surface area (Å²) in [7, 11) is 0. The highest BCUT2D eigenvalue weighted by Gasteiger charge is 2.28. The zero-order chi connectivity index (χ0) is 11.5. The summed E-state index contributed by atoms with van der Waals surface area (Å²) in [5.41, 5.74) is 0.928. The van der Waals surface area contributed by atoms with Gasteiger partial charge >= 0.3 is 0 Å². The Balaban J connectivity index is 1.81. The van der Waals surface area contributed by atoms with Crippen LogP contribution >= 0.6 is 27.5 Å². The van der Waals surface area contributed by atoms with Gasteiger partial charge in [-0.2, -0.15) is 0 Å². The molecule has 2 rings (SSSR count). The fraction of sp³-hybridized carbons (Fsp3) is 0.538.